The summed E-state index contributed by atoms with van der Waals surface area (Å²) < 4.78 is 7.47. The smallest absolute Gasteiger partial charge is 0.341 e. The zero-order valence-corrected chi connectivity index (χ0v) is 15.8. The van der Waals surface area contributed by atoms with E-state index < -0.39 is 0 Å². The van der Waals surface area contributed by atoms with E-state index in [1.807, 2.05) is 42.5 Å². The van der Waals surface area contributed by atoms with Crippen molar-refractivity contribution < 1.29 is 9.53 Å². The van der Waals surface area contributed by atoms with Gasteiger partial charge in [0.05, 0.1) is 11.6 Å². The molecule has 1 aromatic heterocycles. The highest BCUT2D eigenvalue weighted by atomic mass is 35.5. The van der Waals surface area contributed by atoms with Gasteiger partial charge in [-0.15, -0.1) is 10.2 Å². The zero-order valence-electron chi connectivity index (χ0n) is 14.2. The number of nitrogens with one attached hydrogen (secondary N) is 1. The fraction of sp³-hybridized carbons (Fsp3) is 0.167. The van der Waals surface area contributed by atoms with Crippen molar-refractivity contribution in [1.29, 1.82) is 0 Å². The Bertz CT molecular complexity index is 950. The maximum absolute atomic E-state index is 12.8. The molecule has 138 valence electrons. The Hall–Kier alpha value is -2.71. The van der Waals surface area contributed by atoms with Gasteiger partial charge in [0.25, 0.3) is 0 Å². The number of carbonyl (C=O) groups is 1. The minimum Gasteiger partial charge on any atom is -0.484 e. The van der Waals surface area contributed by atoms with Crippen molar-refractivity contribution in [2.45, 2.75) is 11.8 Å². The summed E-state index contributed by atoms with van der Waals surface area (Å²) in [5.41, 5.74) is 0.726. The molecule has 0 aliphatic carbocycles. The van der Waals surface area contributed by atoms with Crippen LogP contribution in [0.25, 0.3) is 0 Å². The maximum atomic E-state index is 12.8. The van der Waals surface area contributed by atoms with Crippen LogP contribution in [-0.2, 0) is 6.61 Å². The number of urea groups is 1. The Morgan fingerprint density at radius 3 is 2.74 bits per heavy atom. The molecule has 1 aliphatic rings. The molecule has 4 rings (SSSR count). The first-order valence-corrected chi connectivity index (χ1v) is 9.67. The number of anilines is 1. The molecule has 9 heteroatoms. The number of aromatic nitrogens is 3. The lowest BCUT2D eigenvalue weighted by Crippen LogP contribution is -2.48. The monoisotopic (exact) mass is 401 g/mol. The molecule has 1 aliphatic heterocycles. The third-order valence-electron chi connectivity index (χ3n) is 3.91. The van der Waals surface area contributed by atoms with Crippen LogP contribution < -0.4 is 15.1 Å². The number of ether oxygens (including phenoxy) is 1. The Morgan fingerprint density at radius 2 is 1.93 bits per heavy atom. The average Bonchev–Trinajstić information content (AvgIpc) is 3.11. The van der Waals surface area contributed by atoms with Crippen molar-refractivity contribution >= 4 is 35.1 Å². The van der Waals surface area contributed by atoms with Crippen LogP contribution in [0, 0.1) is 0 Å². The minimum absolute atomic E-state index is 0.145. The van der Waals surface area contributed by atoms with Crippen LogP contribution in [0.5, 0.6) is 5.75 Å². The van der Waals surface area contributed by atoms with Crippen LogP contribution in [0.3, 0.4) is 0 Å². The first kappa shape index (κ1) is 17.7. The van der Waals surface area contributed by atoms with Crippen LogP contribution in [0.4, 0.5) is 10.5 Å². The molecule has 0 spiro atoms. The predicted molar refractivity (Wildman–Crippen MR) is 105 cm³/mol. The molecule has 0 saturated carbocycles. The summed E-state index contributed by atoms with van der Waals surface area (Å²) >= 11 is 7.68. The van der Waals surface area contributed by atoms with E-state index in [1.54, 1.807) is 33.6 Å². The third-order valence-corrected chi connectivity index (χ3v) is 5.12. The maximum Gasteiger partial charge on any atom is 0.341 e. The molecule has 2 heterocycles. The van der Waals surface area contributed by atoms with Gasteiger partial charge in [0.1, 0.15) is 12.4 Å². The number of rotatable bonds is 4. The van der Waals surface area contributed by atoms with Crippen molar-refractivity contribution in [2.75, 3.05) is 22.6 Å². The molecule has 0 bridgehead atoms. The zero-order chi connectivity index (χ0) is 18.6. The third kappa shape index (κ3) is 3.86. The van der Waals surface area contributed by atoms with E-state index in [9.17, 15) is 4.79 Å². The standard InChI is InChI=1S/C18H16ClN5O2S/c19-14-8-4-5-9-15(14)26-12-16-21-22-18-24(16)23(10-11-27-18)17(25)20-13-6-2-1-3-7-13/h1-9H,10-12H2,(H,20,25). The lowest BCUT2D eigenvalue weighted by Gasteiger charge is -2.29. The lowest BCUT2D eigenvalue weighted by atomic mass is 10.3. The Morgan fingerprint density at radius 1 is 1.15 bits per heavy atom. The second-order valence-electron chi connectivity index (χ2n) is 5.70. The minimum atomic E-state index is -0.249. The van der Waals surface area contributed by atoms with E-state index in [0.29, 0.717) is 28.3 Å². The van der Waals surface area contributed by atoms with Crippen molar-refractivity contribution in [1.82, 2.24) is 14.9 Å². The first-order valence-electron chi connectivity index (χ1n) is 8.30. The van der Waals surface area contributed by atoms with Crippen molar-refractivity contribution in [3.63, 3.8) is 0 Å². The number of amides is 2. The summed E-state index contributed by atoms with van der Waals surface area (Å²) in [7, 11) is 0. The van der Waals surface area contributed by atoms with Crippen molar-refractivity contribution in [3.05, 3.63) is 65.4 Å². The predicted octanol–water partition coefficient (Wildman–Crippen LogP) is 3.79. The Balaban J connectivity index is 1.54. The Labute approximate surface area is 165 Å². The van der Waals surface area contributed by atoms with Gasteiger partial charge in [-0.05, 0) is 24.3 Å². The van der Waals surface area contributed by atoms with Crippen LogP contribution >= 0.6 is 23.4 Å². The number of halogens is 1. The molecule has 0 radical (unpaired) electrons. The van der Waals surface area contributed by atoms with E-state index in [0.717, 1.165) is 11.4 Å². The molecular weight excluding hydrogens is 386 g/mol. The average molecular weight is 402 g/mol. The van der Waals surface area contributed by atoms with Gasteiger partial charge in [0, 0.05) is 11.4 Å². The summed E-state index contributed by atoms with van der Waals surface area (Å²) in [5.74, 6) is 1.83. The number of para-hydroxylation sites is 2. The summed E-state index contributed by atoms with van der Waals surface area (Å²) in [6, 6.07) is 16.3. The number of hydrogen-bond acceptors (Lipinski definition) is 5. The molecule has 0 unspecified atom stereocenters. The van der Waals surface area contributed by atoms with Gasteiger partial charge >= 0.3 is 6.03 Å². The lowest BCUT2D eigenvalue weighted by molar-refractivity contribution is 0.247. The second kappa shape index (κ2) is 7.89. The molecule has 0 fully saturated rings. The van der Waals surface area contributed by atoms with E-state index in [4.69, 9.17) is 16.3 Å². The van der Waals surface area contributed by atoms with Gasteiger partial charge in [-0.1, -0.05) is 53.7 Å². The quantitative estimate of drug-likeness (QED) is 0.720. The highest BCUT2D eigenvalue weighted by Crippen LogP contribution is 2.26. The summed E-state index contributed by atoms with van der Waals surface area (Å²) in [4.78, 5) is 12.8. The summed E-state index contributed by atoms with van der Waals surface area (Å²) in [5, 5.41) is 14.0. The van der Waals surface area contributed by atoms with E-state index in [1.165, 1.54) is 0 Å². The van der Waals surface area contributed by atoms with Gasteiger partial charge in [-0.25, -0.2) is 14.5 Å². The van der Waals surface area contributed by atoms with E-state index in [2.05, 4.69) is 15.5 Å². The summed E-state index contributed by atoms with van der Waals surface area (Å²) in [6.07, 6.45) is 0. The van der Waals surface area contributed by atoms with Gasteiger partial charge < -0.3 is 10.1 Å². The van der Waals surface area contributed by atoms with Crippen molar-refractivity contribution in [3.8, 4) is 5.75 Å². The number of thioether (sulfide) groups is 1. The molecule has 1 N–H and O–H groups in total. The van der Waals surface area contributed by atoms with Crippen LogP contribution in [-0.4, -0.2) is 33.2 Å². The molecule has 0 atom stereocenters. The van der Waals surface area contributed by atoms with Gasteiger partial charge in [0.15, 0.2) is 5.82 Å². The highest BCUT2D eigenvalue weighted by Gasteiger charge is 2.27. The topological polar surface area (TPSA) is 72.3 Å². The molecule has 3 aromatic rings. The van der Waals surface area contributed by atoms with Gasteiger partial charge in [-0.2, -0.15) is 0 Å². The molecule has 27 heavy (non-hydrogen) atoms. The highest BCUT2D eigenvalue weighted by molar-refractivity contribution is 7.99. The van der Waals surface area contributed by atoms with Crippen LogP contribution in [0.1, 0.15) is 5.82 Å². The number of nitrogens with zero attached hydrogens (tertiary/aromatic N) is 4. The first-order chi connectivity index (χ1) is 13.2. The molecule has 0 saturated heterocycles. The van der Waals surface area contributed by atoms with E-state index >= 15 is 0 Å². The SMILES string of the molecule is O=C(Nc1ccccc1)N1CCSc2nnc(COc3ccccc3Cl)n21. The van der Waals surface area contributed by atoms with Gasteiger partial charge in [0.2, 0.25) is 5.16 Å². The number of benzene rings is 2. The van der Waals surface area contributed by atoms with Gasteiger partial charge in [-0.3, -0.25) is 0 Å². The second-order valence-corrected chi connectivity index (χ2v) is 7.17. The molecule has 2 amide bonds. The number of carbonyl (C=O) groups excluding carboxylic acids is 1. The number of hydrogen-bond donors (Lipinski definition) is 1. The summed E-state index contributed by atoms with van der Waals surface area (Å²) in [6.45, 7) is 0.680. The largest absolute Gasteiger partial charge is 0.484 e. The normalized spacial score (nSPS) is 13.1. The molecular formula is C18H16ClN5O2S. The van der Waals surface area contributed by atoms with Crippen LogP contribution in [0.2, 0.25) is 5.02 Å². The fourth-order valence-electron chi connectivity index (χ4n) is 2.65. The van der Waals surface area contributed by atoms with Crippen molar-refractivity contribution in [2.24, 2.45) is 0 Å². The van der Waals surface area contributed by atoms with Crippen LogP contribution in [0.15, 0.2) is 59.8 Å². The number of fused-ring (bicyclic) bond motifs is 1. The van der Waals surface area contributed by atoms with E-state index in [-0.39, 0.29) is 12.6 Å². The Kier molecular flexibility index (Phi) is 5.17. The fourth-order valence-corrected chi connectivity index (χ4v) is 3.71. The molecule has 2 aromatic carbocycles. The molecule has 7 nitrogen and oxygen atoms in total.